The monoisotopic (exact) mass is 641 g/mol. The summed E-state index contributed by atoms with van der Waals surface area (Å²) in [5.41, 5.74) is 7.64. The van der Waals surface area contributed by atoms with E-state index in [-0.39, 0.29) is 18.9 Å². The lowest BCUT2D eigenvalue weighted by Crippen LogP contribution is -2.59. The fourth-order valence-electron chi connectivity index (χ4n) is 6.00. The summed E-state index contributed by atoms with van der Waals surface area (Å²) in [5, 5.41) is 0.589. The number of nitrogens with zero attached hydrogens (tertiary/aromatic N) is 2. The van der Waals surface area contributed by atoms with Gasteiger partial charge in [-0.1, -0.05) is 65.7 Å². The molecule has 8 nitrogen and oxygen atoms in total. The Morgan fingerprint density at radius 2 is 1.63 bits per heavy atom. The van der Waals surface area contributed by atoms with Gasteiger partial charge in [-0.15, -0.1) is 0 Å². The Morgan fingerprint density at radius 1 is 0.930 bits per heavy atom. The third-order valence-corrected chi connectivity index (χ3v) is 11.2. The molecule has 0 bridgehead atoms. The van der Waals surface area contributed by atoms with E-state index in [1.54, 1.807) is 41.3 Å². The van der Waals surface area contributed by atoms with Gasteiger partial charge in [0.05, 0.1) is 36.0 Å². The standard InChI is InChI=1S/C32H33Cl2N3O5S/c33-23-13-11-21(12-14-23)30-31(22-5-4-6-24(34)17-22)42-28(18-29(35)38)32(39)37(30)27(20-9-10-20)19-36(25-7-2-1-3-8-25)43(40,41)26-15-16-26/h1-8,11-14,17,20,26-28,30-31H,9-10,15-16,18-19H2,(H2,35,38). The van der Waals surface area contributed by atoms with Crippen LogP contribution in [0.3, 0.4) is 0 Å². The third-order valence-electron chi connectivity index (χ3n) is 8.38. The van der Waals surface area contributed by atoms with Crippen LogP contribution in [0.15, 0.2) is 78.9 Å². The zero-order valence-corrected chi connectivity index (χ0v) is 25.7. The maximum absolute atomic E-state index is 14.4. The van der Waals surface area contributed by atoms with E-state index in [9.17, 15) is 18.0 Å². The van der Waals surface area contributed by atoms with Gasteiger partial charge in [0.25, 0.3) is 5.91 Å². The second kappa shape index (κ2) is 12.1. The molecule has 43 heavy (non-hydrogen) atoms. The maximum atomic E-state index is 14.4. The van der Waals surface area contributed by atoms with Gasteiger partial charge in [-0.25, -0.2) is 8.42 Å². The summed E-state index contributed by atoms with van der Waals surface area (Å²) in [4.78, 5) is 28.3. The first-order valence-electron chi connectivity index (χ1n) is 14.5. The fraction of sp³-hybridized carbons (Fsp3) is 0.375. The lowest BCUT2D eigenvalue weighted by Gasteiger charge is -2.49. The van der Waals surface area contributed by atoms with Crippen molar-refractivity contribution in [3.63, 3.8) is 0 Å². The molecule has 0 radical (unpaired) electrons. The maximum Gasteiger partial charge on any atom is 0.253 e. The van der Waals surface area contributed by atoms with Gasteiger partial charge in [0.15, 0.2) is 0 Å². The van der Waals surface area contributed by atoms with Gasteiger partial charge in [-0.2, -0.15) is 0 Å². The highest BCUT2D eigenvalue weighted by atomic mass is 35.5. The molecule has 6 rings (SSSR count). The molecule has 2 aliphatic carbocycles. The van der Waals surface area contributed by atoms with E-state index in [4.69, 9.17) is 33.7 Å². The summed E-state index contributed by atoms with van der Waals surface area (Å²) in [6.07, 6.45) is 0.751. The van der Waals surface area contributed by atoms with Crippen molar-refractivity contribution in [3.05, 3.63) is 100 Å². The van der Waals surface area contributed by atoms with Crippen LogP contribution in [0.4, 0.5) is 5.69 Å². The second-order valence-corrected chi connectivity index (χ2v) is 14.5. The van der Waals surface area contributed by atoms with Gasteiger partial charge in [0, 0.05) is 10.0 Å². The number of anilines is 1. The van der Waals surface area contributed by atoms with E-state index in [0.29, 0.717) is 28.6 Å². The van der Waals surface area contributed by atoms with Crippen molar-refractivity contribution in [2.24, 2.45) is 11.7 Å². The molecule has 3 aliphatic rings. The number of hydrogen-bond donors (Lipinski definition) is 1. The summed E-state index contributed by atoms with van der Waals surface area (Å²) in [6, 6.07) is 22.3. The molecule has 4 unspecified atom stereocenters. The Hall–Kier alpha value is -3.11. The smallest absolute Gasteiger partial charge is 0.253 e. The molecule has 2 saturated carbocycles. The average molecular weight is 643 g/mol. The minimum Gasteiger partial charge on any atom is -0.370 e. The number of para-hydroxylation sites is 1. The van der Waals surface area contributed by atoms with Crippen LogP contribution in [0.2, 0.25) is 10.0 Å². The van der Waals surface area contributed by atoms with Crippen molar-refractivity contribution in [2.75, 3.05) is 10.8 Å². The zero-order valence-electron chi connectivity index (χ0n) is 23.4. The summed E-state index contributed by atoms with van der Waals surface area (Å²) in [7, 11) is -3.67. The molecule has 1 saturated heterocycles. The predicted molar refractivity (Wildman–Crippen MR) is 166 cm³/mol. The lowest BCUT2D eigenvalue weighted by atomic mass is 9.89. The quantitative estimate of drug-likeness (QED) is 0.291. The molecule has 3 aromatic rings. The first-order chi connectivity index (χ1) is 20.6. The normalized spacial score (nSPS) is 23.2. The molecule has 1 aliphatic heterocycles. The van der Waals surface area contributed by atoms with Crippen molar-refractivity contribution in [1.29, 1.82) is 0 Å². The van der Waals surface area contributed by atoms with Crippen LogP contribution >= 0.6 is 23.2 Å². The topological polar surface area (TPSA) is 110 Å². The van der Waals surface area contributed by atoms with E-state index in [0.717, 1.165) is 24.0 Å². The third kappa shape index (κ3) is 6.41. The number of halogens is 2. The summed E-state index contributed by atoms with van der Waals surface area (Å²) in [6.45, 7) is 0.0783. The minimum atomic E-state index is -3.67. The highest BCUT2D eigenvalue weighted by molar-refractivity contribution is 7.93. The number of carbonyl (C=O) groups excluding carboxylic acids is 2. The molecule has 2 N–H and O–H groups in total. The Kier molecular flexibility index (Phi) is 8.43. The van der Waals surface area contributed by atoms with E-state index in [1.165, 1.54) is 4.31 Å². The summed E-state index contributed by atoms with van der Waals surface area (Å²) >= 11 is 12.7. The largest absolute Gasteiger partial charge is 0.370 e. The molecule has 3 fully saturated rings. The van der Waals surface area contributed by atoms with Crippen molar-refractivity contribution < 1.29 is 22.7 Å². The molecule has 3 aromatic carbocycles. The molecule has 2 amide bonds. The second-order valence-electron chi connectivity index (χ2n) is 11.5. The molecule has 0 spiro atoms. The number of primary amides is 1. The van der Waals surface area contributed by atoms with Gasteiger partial charge >= 0.3 is 0 Å². The number of nitrogens with two attached hydrogens (primary N) is 1. The molecular formula is C32H33Cl2N3O5S. The first-order valence-corrected chi connectivity index (χ1v) is 16.7. The average Bonchev–Trinajstić information content (AvgIpc) is 3.89. The molecular weight excluding hydrogens is 609 g/mol. The van der Waals surface area contributed by atoms with Crippen molar-refractivity contribution in [1.82, 2.24) is 4.90 Å². The van der Waals surface area contributed by atoms with Crippen molar-refractivity contribution in [3.8, 4) is 0 Å². The Labute approximate surface area is 261 Å². The van der Waals surface area contributed by atoms with E-state index in [1.807, 2.05) is 42.5 Å². The fourth-order valence-corrected chi connectivity index (χ4v) is 8.19. The van der Waals surface area contributed by atoms with Gasteiger partial charge in [-0.05, 0) is 79.1 Å². The minimum absolute atomic E-state index is 0.0618. The van der Waals surface area contributed by atoms with Gasteiger partial charge in [0.1, 0.15) is 12.2 Å². The summed E-state index contributed by atoms with van der Waals surface area (Å²) < 4.78 is 35.6. The number of hydrogen-bond acceptors (Lipinski definition) is 5. The van der Waals surface area contributed by atoms with Crippen LogP contribution in [-0.2, 0) is 24.3 Å². The van der Waals surface area contributed by atoms with Crippen LogP contribution in [0, 0.1) is 5.92 Å². The lowest BCUT2D eigenvalue weighted by molar-refractivity contribution is -0.181. The first kappa shape index (κ1) is 29.9. The molecule has 226 valence electrons. The SMILES string of the molecule is NC(=O)CC1OC(c2cccc(Cl)c2)C(c2ccc(Cl)cc2)N(C(CN(c2ccccc2)S(=O)(=O)C2CC2)C2CC2)C1=O. The number of sulfonamides is 1. The number of ether oxygens (including phenoxy) is 1. The molecule has 0 aromatic heterocycles. The Balaban J connectivity index is 1.49. The molecule has 11 heteroatoms. The predicted octanol–water partition coefficient (Wildman–Crippen LogP) is 5.66. The van der Waals surface area contributed by atoms with Crippen LogP contribution in [0.1, 0.15) is 55.4 Å². The van der Waals surface area contributed by atoms with Crippen molar-refractivity contribution >= 4 is 50.7 Å². The zero-order chi connectivity index (χ0) is 30.3. The number of benzene rings is 3. The van der Waals surface area contributed by atoms with Crippen LogP contribution < -0.4 is 10.0 Å². The molecule has 4 atom stereocenters. The number of rotatable bonds is 11. The highest BCUT2D eigenvalue weighted by Crippen LogP contribution is 2.48. The highest BCUT2D eigenvalue weighted by Gasteiger charge is 2.52. The Bertz CT molecular complexity index is 1600. The van der Waals surface area contributed by atoms with Crippen molar-refractivity contribution in [2.45, 2.75) is 61.6 Å². The van der Waals surface area contributed by atoms with E-state index in [2.05, 4.69) is 0 Å². The van der Waals surface area contributed by atoms with Gasteiger partial charge < -0.3 is 15.4 Å². The Morgan fingerprint density at radius 3 is 2.23 bits per heavy atom. The molecule has 1 heterocycles. The number of amides is 2. The van der Waals surface area contributed by atoms with E-state index >= 15 is 0 Å². The van der Waals surface area contributed by atoms with E-state index < -0.39 is 51.4 Å². The van der Waals surface area contributed by atoms with Crippen LogP contribution in [0.25, 0.3) is 0 Å². The summed E-state index contributed by atoms with van der Waals surface area (Å²) in [5.74, 6) is -1.00. The van der Waals surface area contributed by atoms with Gasteiger partial charge in [-0.3, -0.25) is 13.9 Å². The number of morpholine rings is 1. The number of carbonyl (C=O) groups is 2. The van der Waals surface area contributed by atoms with Crippen LogP contribution in [-0.4, -0.2) is 49.1 Å². The van der Waals surface area contributed by atoms with Crippen LogP contribution in [0.5, 0.6) is 0 Å². The van der Waals surface area contributed by atoms with Gasteiger partial charge in [0.2, 0.25) is 15.9 Å².